The van der Waals surface area contributed by atoms with Crippen LogP contribution in [0.3, 0.4) is 0 Å². The number of benzene rings is 2. The number of aliphatic hydroxyl groups excluding tert-OH is 1. The maximum Gasteiger partial charge on any atom is 0.408 e. The van der Waals surface area contributed by atoms with E-state index in [0.717, 1.165) is 10.8 Å². The standard InChI is InChI=1S/C22H28N2O4S/c1-22(2,3)28-21(27)24-18(10-6-7-11-19(25)29)20(26)23-17-13-12-15-8-4-5-9-16(15)14-17/h4-5,8-9,12-14,18H,6-7,10-11H2,1-3H3,(H,23,26)(H,24,27)(H,25,29). The van der Waals surface area contributed by atoms with Crippen LogP contribution in [-0.2, 0) is 9.53 Å². The lowest BCUT2D eigenvalue weighted by Crippen LogP contribution is -2.45. The van der Waals surface area contributed by atoms with Crippen LogP contribution < -0.4 is 10.6 Å². The molecule has 2 amide bonds. The first kappa shape index (κ1) is 22.6. The smallest absolute Gasteiger partial charge is 0.408 e. The van der Waals surface area contributed by atoms with Crippen molar-refractivity contribution < 1.29 is 19.4 Å². The number of anilines is 1. The number of hydrogen-bond donors (Lipinski definition) is 3. The van der Waals surface area contributed by atoms with Crippen molar-refractivity contribution in [1.82, 2.24) is 5.32 Å². The molecule has 29 heavy (non-hydrogen) atoms. The molecule has 0 heterocycles. The van der Waals surface area contributed by atoms with Crippen molar-refractivity contribution in [3.8, 4) is 0 Å². The Labute approximate surface area is 176 Å². The number of rotatable bonds is 8. The summed E-state index contributed by atoms with van der Waals surface area (Å²) in [5, 5.41) is 16.7. The zero-order chi connectivity index (χ0) is 21.4. The van der Waals surface area contributed by atoms with Crippen molar-refractivity contribution in [2.24, 2.45) is 0 Å². The minimum atomic E-state index is -0.761. The summed E-state index contributed by atoms with van der Waals surface area (Å²) in [7, 11) is 0. The highest BCUT2D eigenvalue weighted by atomic mass is 32.1. The van der Waals surface area contributed by atoms with Crippen LogP contribution in [0.5, 0.6) is 0 Å². The summed E-state index contributed by atoms with van der Waals surface area (Å²) in [4.78, 5) is 25.0. The fourth-order valence-electron chi connectivity index (χ4n) is 2.84. The molecule has 0 saturated heterocycles. The van der Waals surface area contributed by atoms with Crippen LogP contribution in [0.25, 0.3) is 10.8 Å². The van der Waals surface area contributed by atoms with Gasteiger partial charge in [-0.1, -0.05) is 36.8 Å². The van der Waals surface area contributed by atoms with Crippen LogP contribution in [-0.4, -0.2) is 33.8 Å². The second kappa shape index (κ2) is 10.2. The van der Waals surface area contributed by atoms with Crippen molar-refractivity contribution in [3.63, 3.8) is 0 Å². The van der Waals surface area contributed by atoms with Gasteiger partial charge in [-0.15, -0.1) is 0 Å². The number of fused-ring (bicyclic) bond motifs is 1. The van der Waals surface area contributed by atoms with Gasteiger partial charge in [0.1, 0.15) is 11.6 Å². The van der Waals surface area contributed by atoms with E-state index in [1.54, 1.807) is 20.8 Å². The van der Waals surface area contributed by atoms with E-state index in [2.05, 4.69) is 22.9 Å². The molecule has 2 aromatic rings. The first-order valence-corrected chi connectivity index (χ1v) is 10.1. The third-order valence-corrected chi connectivity index (χ3v) is 4.36. The van der Waals surface area contributed by atoms with Gasteiger partial charge in [0.25, 0.3) is 0 Å². The van der Waals surface area contributed by atoms with Crippen molar-refractivity contribution in [2.45, 2.75) is 58.1 Å². The van der Waals surface area contributed by atoms with E-state index in [1.807, 2.05) is 42.5 Å². The number of unbranched alkanes of at least 4 members (excludes halogenated alkanes) is 1. The van der Waals surface area contributed by atoms with Gasteiger partial charge in [0, 0.05) is 12.1 Å². The Morgan fingerprint density at radius 2 is 1.79 bits per heavy atom. The number of hydrogen-bond acceptors (Lipinski definition) is 4. The second-order valence-corrected chi connectivity index (χ2v) is 8.36. The van der Waals surface area contributed by atoms with E-state index in [-0.39, 0.29) is 11.0 Å². The highest BCUT2D eigenvalue weighted by Gasteiger charge is 2.24. The third kappa shape index (κ3) is 8.07. The average molecular weight is 417 g/mol. The Morgan fingerprint density at radius 1 is 1.10 bits per heavy atom. The number of amides is 2. The molecule has 7 heteroatoms. The zero-order valence-electron chi connectivity index (χ0n) is 17.0. The van der Waals surface area contributed by atoms with Gasteiger partial charge < -0.3 is 20.5 Å². The minimum absolute atomic E-state index is 0.0535. The first-order valence-electron chi connectivity index (χ1n) is 9.65. The predicted molar refractivity (Wildman–Crippen MR) is 119 cm³/mol. The van der Waals surface area contributed by atoms with E-state index < -0.39 is 17.7 Å². The SMILES string of the molecule is CC(C)(C)OC(=O)NC(CCCCC(O)=S)C(=O)Nc1ccc2ccccc2c1. The van der Waals surface area contributed by atoms with Crippen LogP contribution >= 0.6 is 12.2 Å². The van der Waals surface area contributed by atoms with E-state index in [9.17, 15) is 9.59 Å². The Kier molecular flexibility index (Phi) is 7.96. The number of carbonyl (C=O) groups excluding carboxylic acids is 2. The molecule has 156 valence electrons. The van der Waals surface area contributed by atoms with E-state index in [0.29, 0.717) is 31.4 Å². The number of aliphatic hydroxyl groups is 1. The molecule has 0 aliphatic carbocycles. The molecule has 2 rings (SSSR count). The molecule has 1 atom stereocenters. The van der Waals surface area contributed by atoms with Crippen LogP contribution in [0.2, 0.25) is 0 Å². The molecule has 0 aromatic heterocycles. The number of alkyl carbamates (subject to hydrolysis) is 1. The maximum absolute atomic E-state index is 12.8. The highest BCUT2D eigenvalue weighted by Crippen LogP contribution is 2.19. The van der Waals surface area contributed by atoms with Crippen molar-refractivity contribution in [3.05, 3.63) is 42.5 Å². The molecular weight excluding hydrogens is 388 g/mol. The molecular formula is C22H28N2O4S. The molecule has 0 radical (unpaired) electrons. The van der Waals surface area contributed by atoms with Gasteiger partial charge >= 0.3 is 6.09 Å². The fourth-order valence-corrected chi connectivity index (χ4v) is 2.98. The average Bonchev–Trinajstić information content (AvgIpc) is 2.62. The molecule has 0 spiro atoms. The van der Waals surface area contributed by atoms with E-state index in [1.165, 1.54) is 0 Å². The quantitative estimate of drug-likeness (QED) is 0.411. The summed E-state index contributed by atoms with van der Waals surface area (Å²) in [5.74, 6) is -0.322. The van der Waals surface area contributed by atoms with Crippen LogP contribution in [0, 0.1) is 0 Å². The molecule has 0 aliphatic heterocycles. The molecule has 1 unspecified atom stereocenters. The Morgan fingerprint density at radius 3 is 2.45 bits per heavy atom. The largest absolute Gasteiger partial charge is 0.502 e. The molecule has 0 bridgehead atoms. The molecule has 0 fully saturated rings. The lowest BCUT2D eigenvalue weighted by molar-refractivity contribution is -0.118. The topological polar surface area (TPSA) is 87.7 Å². The van der Waals surface area contributed by atoms with Gasteiger partial charge in [0.05, 0.1) is 0 Å². The lowest BCUT2D eigenvalue weighted by atomic mass is 10.1. The normalized spacial score (nSPS) is 12.2. The van der Waals surface area contributed by atoms with Crippen molar-refractivity contribution in [1.29, 1.82) is 0 Å². The highest BCUT2D eigenvalue weighted by molar-refractivity contribution is 7.80. The number of thiocarbonyl (C=S) groups is 1. The van der Waals surface area contributed by atoms with Gasteiger partial charge in [0.2, 0.25) is 5.91 Å². The van der Waals surface area contributed by atoms with Gasteiger partial charge in [-0.3, -0.25) is 4.79 Å². The third-order valence-electron chi connectivity index (χ3n) is 4.16. The lowest BCUT2D eigenvalue weighted by Gasteiger charge is -2.23. The number of nitrogens with one attached hydrogen (secondary N) is 2. The van der Waals surface area contributed by atoms with Gasteiger partial charge in [-0.2, -0.15) is 0 Å². The second-order valence-electron chi connectivity index (χ2n) is 7.89. The minimum Gasteiger partial charge on any atom is -0.502 e. The monoisotopic (exact) mass is 416 g/mol. The maximum atomic E-state index is 12.8. The number of carbonyl (C=O) groups is 2. The van der Waals surface area contributed by atoms with Crippen LogP contribution in [0.1, 0.15) is 46.5 Å². The predicted octanol–water partition coefficient (Wildman–Crippen LogP) is 5.12. The summed E-state index contributed by atoms with van der Waals surface area (Å²) in [6, 6.07) is 12.8. The Bertz CT molecular complexity index is 876. The molecule has 0 aliphatic rings. The van der Waals surface area contributed by atoms with Gasteiger partial charge in [-0.25, -0.2) is 4.79 Å². The number of ether oxygens (including phenoxy) is 1. The van der Waals surface area contributed by atoms with E-state index in [4.69, 9.17) is 9.84 Å². The summed E-state index contributed by atoms with van der Waals surface area (Å²) < 4.78 is 5.28. The van der Waals surface area contributed by atoms with Crippen LogP contribution in [0.4, 0.5) is 10.5 Å². The van der Waals surface area contributed by atoms with Crippen LogP contribution in [0.15, 0.2) is 42.5 Å². The molecule has 3 N–H and O–H groups in total. The van der Waals surface area contributed by atoms with Gasteiger partial charge in [0.15, 0.2) is 5.05 Å². The Hall–Kier alpha value is -2.67. The van der Waals surface area contributed by atoms with Crippen molar-refractivity contribution in [2.75, 3.05) is 5.32 Å². The molecule has 2 aromatic carbocycles. The summed E-state index contributed by atoms with van der Waals surface area (Å²) in [6.45, 7) is 5.29. The van der Waals surface area contributed by atoms with E-state index >= 15 is 0 Å². The molecule has 0 saturated carbocycles. The Balaban J connectivity index is 2.06. The van der Waals surface area contributed by atoms with Gasteiger partial charge in [-0.05, 0) is 68.7 Å². The molecule has 6 nitrogen and oxygen atoms in total. The first-order chi connectivity index (χ1) is 13.6. The summed E-state index contributed by atoms with van der Waals surface area (Å²) in [5.41, 5.74) is -0.00628. The van der Waals surface area contributed by atoms with Crippen molar-refractivity contribution >= 4 is 45.7 Å². The zero-order valence-corrected chi connectivity index (χ0v) is 17.8. The fraction of sp³-hybridized carbons (Fsp3) is 0.409. The summed E-state index contributed by atoms with van der Waals surface area (Å²) in [6.07, 6.45) is 1.40. The summed E-state index contributed by atoms with van der Waals surface area (Å²) >= 11 is 4.67.